The fourth-order valence-electron chi connectivity index (χ4n) is 2.54. The smallest absolute Gasteiger partial charge is 0.227 e. The number of para-hydroxylation sites is 1. The van der Waals surface area contributed by atoms with Crippen LogP contribution in [0.1, 0.15) is 18.4 Å². The lowest BCUT2D eigenvalue weighted by molar-refractivity contribution is -0.135. The minimum Gasteiger partial charge on any atom is -0.496 e. The van der Waals surface area contributed by atoms with Crippen LogP contribution in [-0.4, -0.2) is 38.1 Å². The standard InChI is InChI=1S/C15H22N2O2.ClH/c1-17(15(18)12-7-5-9-16-10-12)11-13-6-3-4-8-14(13)19-2;/h3-4,6,8,12,16H,5,7,9-11H2,1-2H3;1H/t12-;/m1./s1. The molecule has 1 atom stereocenters. The maximum absolute atomic E-state index is 12.3. The van der Waals surface area contributed by atoms with E-state index >= 15 is 0 Å². The van der Waals surface area contributed by atoms with E-state index in [4.69, 9.17) is 4.74 Å². The third-order valence-electron chi connectivity index (χ3n) is 3.62. The second kappa shape index (κ2) is 8.12. The van der Waals surface area contributed by atoms with Gasteiger partial charge in [0.15, 0.2) is 0 Å². The largest absolute Gasteiger partial charge is 0.496 e. The number of ether oxygens (including phenoxy) is 1. The van der Waals surface area contributed by atoms with Gasteiger partial charge in [-0.15, -0.1) is 12.4 Å². The molecule has 0 aromatic heterocycles. The fourth-order valence-corrected chi connectivity index (χ4v) is 2.54. The fraction of sp³-hybridized carbons (Fsp3) is 0.533. The van der Waals surface area contributed by atoms with Crippen molar-refractivity contribution in [2.24, 2.45) is 5.92 Å². The molecule has 0 saturated carbocycles. The zero-order valence-electron chi connectivity index (χ0n) is 12.1. The Bertz CT molecular complexity index is 434. The van der Waals surface area contributed by atoms with E-state index in [0.717, 1.165) is 37.2 Å². The number of amides is 1. The van der Waals surface area contributed by atoms with Gasteiger partial charge in [0.2, 0.25) is 5.91 Å². The lowest BCUT2D eigenvalue weighted by atomic mass is 9.98. The molecule has 1 aliphatic heterocycles. The molecule has 1 fully saturated rings. The highest BCUT2D eigenvalue weighted by Gasteiger charge is 2.24. The molecule has 2 rings (SSSR count). The molecule has 1 N–H and O–H groups in total. The van der Waals surface area contributed by atoms with E-state index in [1.165, 1.54) is 0 Å². The predicted molar refractivity (Wildman–Crippen MR) is 82.3 cm³/mol. The average Bonchev–Trinajstić information content (AvgIpc) is 2.48. The van der Waals surface area contributed by atoms with E-state index in [1.54, 1.807) is 12.0 Å². The first kappa shape index (κ1) is 16.8. The molecule has 0 radical (unpaired) electrons. The molecular weight excluding hydrogens is 276 g/mol. The minimum absolute atomic E-state index is 0. The highest BCUT2D eigenvalue weighted by atomic mass is 35.5. The number of carbonyl (C=O) groups excluding carboxylic acids is 1. The summed E-state index contributed by atoms with van der Waals surface area (Å²) >= 11 is 0. The summed E-state index contributed by atoms with van der Waals surface area (Å²) in [6.07, 6.45) is 2.07. The van der Waals surface area contributed by atoms with Gasteiger partial charge in [-0.3, -0.25) is 4.79 Å². The first-order valence-corrected chi connectivity index (χ1v) is 6.80. The minimum atomic E-state index is 0. The number of nitrogens with zero attached hydrogens (tertiary/aromatic N) is 1. The summed E-state index contributed by atoms with van der Waals surface area (Å²) in [6.45, 7) is 2.43. The van der Waals surface area contributed by atoms with Crippen LogP contribution in [0.5, 0.6) is 5.75 Å². The number of halogens is 1. The first-order valence-electron chi connectivity index (χ1n) is 6.80. The van der Waals surface area contributed by atoms with Gasteiger partial charge in [-0.05, 0) is 25.5 Å². The molecule has 4 nitrogen and oxygen atoms in total. The molecule has 1 amide bonds. The van der Waals surface area contributed by atoms with Gasteiger partial charge >= 0.3 is 0 Å². The predicted octanol–water partition coefficient (Wildman–Crippen LogP) is 2.08. The number of hydrogen-bond donors (Lipinski definition) is 1. The van der Waals surface area contributed by atoms with E-state index in [-0.39, 0.29) is 24.2 Å². The number of nitrogens with one attached hydrogen (secondary N) is 1. The van der Waals surface area contributed by atoms with Gasteiger partial charge in [-0.25, -0.2) is 0 Å². The topological polar surface area (TPSA) is 41.6 Å². The van der Waals surface area contributed by atoms with Crippen LogP contribution in [-0.2, 0) is 11.3 Å². The van der Waals surface area contributed by atoms with Gasteiger partial charge in [-0.2, -0.15) is 0 Å². The molecule has 0 aliphatic carbocycles. The molecule has 0 spiro atoms. The molecule has 20 heavy (non-hydrogen) atoms. The summed E-state index contributed by atoms with van der Waals surface area (Å²) in [7, 11) is 3.52. The second-order valence-electron chi connectivity index (χ2n) is 5.05. The van der Waals surface area contributed by atoms with Gasteiger partial charge in [0.1, 0.15) is 5.75 Å². The van der Waals surface area contributed by atoms with Crippen molar-refractivity contribution in [2.45, 2.75) is 19.4 Å². The number of benzene rings is 1. The maximum Gasteiger partial charge on any atom is 0.227 e. The monoisotopic (exact) mass is 298 g/mol. The van der Waals surface area contributed by atoms with E-state index in [0.29, 0.717) is 6.54 Å². The van der Waals surface area contributed by atoms with Crippen molar-refractivity contribution in [3.63, 3.8) is 0 Å². The molecule has 1 aromatic carbocycles. The maximum atomic E-state index is 12.3. The lowest BCUT2D eigenvalue weighted by Crippen LogP contribution is -2.41. The Kier molecular flexibility index (Phi) is 6.82. The van der Waals surface area contributed by atoms with Crippen LogP contribution < -0.4 is 10.1 Å². The zero-order chi connectivity index (χ0) is 13.7. The highest BCUT2D eigenvalue weighted by Crippen LogP contribution is 2.20. The van der Waals surface area contributed by atoms with Gasteiger partial charge in [0.05, 0.1) is 13.0 Å². The molecule has 0 unspecified atom stereocenters. The third kappa shape index (κ3) is 4.12. The first-order chi connectivity index (χ1) is 9.22. The molecule has 1 saturated heterocycles. The van der Waals surface area contributed by atoms with Crippen LogP contribution in [0.2, 0.25) is 0 Å². The average molecular weight is 299 g/mol. The van der Waals surface area contributed by atoms with E-state index in [9.17, 15) is 4.79 Å². The summed E-state index contributed by atoms with van der Waals surface area (Å²) in [5.41, 5.74) is 1.05. The molecule has 0 bridgehead atoms. The second-order valence-corrected chi connectivity index (χ2v) is 5.05. The highest BCUT2D eigenvalue weighted by molar-refractivity contribution is 5.85. The molecule has 1 heterocycles. The lowest BCUT2D eigenvalue weighted by Gasteiger charge is -2.27. The number of piperidine rings is 1. The Morgan fingerprint density at radius 1 is 1.45 bits per heavy atom. The van der Waals surface area contributed by atoms with E-state index < -0.39 is 0 Å². The number of rotatable bonds is 4. The quantitative estimate of drug-likeness (QED) is 0.925. The Morgan fingerprint density at radius 3 is 2.85 bits per heavy atom. The summed E-state index contributed by atoms with van der Waals surface area (Å²) < 4.78 is 5.32. The van der Waals surface area contributed by atoms with Gasteiger partial charge in [-0.1, -0.05) is 18.2 Å². The normalized spacial score (nSPS) is 18.0. The van der Waals surface area contributed by atoms with Crippen LogP contribution >= 0.6 is 12.4 Å². The summed E-state index contributed by atoms with van der Waals surface area (Å²) in [5.74, 6) is 1.18. The number of methoxy groups -OCH3 is 1. The van der Waals surface area contributed by atoms with Gasteiger partial charge in [0.25, 0.3) is 0 Å². The summed E-state index contributed by atoms with van der Waals surface area (Å²) in [4.78, 5) is 14.1. The van der Waals surface area contributed by atoms with Crippen molar-refractivity contribution in [3.8, 4) is 5.75 Å². The van der Waals surface area contributed by atoms with Crippen molar-refractivity contribution >= 4 is 18.3 Å². The van der Waals surface area contributed by atoms with Crippen LogP contribution in [0.3, 0.4) is 0 Å². The zero-order valence-corrected chi connectivity index (χ0v) is 12.9. The van der Waals surface area contributed by atoms with Crippen LogP contribution in [0.4, 0.5) is 0 Å². The SMILES string of the molecule is COc1ccccc1CN(C)C(=O)[C@@H]1CCCNC1.Cl. The van der Waals surface area contributed by atoms with Crippen LogP contribution in [0, 0.1) is 5.92 Å². The molecule has 1 aliphatic rings. The summed E-state index contributed by atoms with van der Waals surface area (Å²) in [6, 6.07) is 7.84. The number of hydrogen-bond acceptors (Lipinski definition) is 3. The Hall–Kier alpha value is -1.26. The van der Waals surface area contributed by atoms with Gasteiger partial charge in [0, 0.05) is 25.7 Å². The van der Waals surface area contributed by atoms with Crippen molar-refractivity contribution in [2.75, 3.05) is 27.2 Å². The molecule has 5 heteroatoms. The molecule has 112 valence electrons. The Balaban J connectivity index is 0.00000200. The van der Waals surface area contributed by atoms with E-state index in [2.05, 4.69) is 5.32 Å². The Morgan fingerprint density at radius 2 is 2.20 bits per heavy atom. The van der Waals surface area contributed by atoms with Crippen molar-refractivity contribution < 1.29 is 9.53 Å². The molecule has 1 aromatic rings. The van der Waals surface area contributed by atoms with Crippen molar-refractivity contribution in [1.82, 2.24) is 10.2 Å². The van der Waals surface area contributed by atoms with Crippen molar-refractivity contribution in [3.05, 3.63) is 29.8 Å². The van der Waals surface area contributed by atoms with Crippen LogP contribution in [0.15, 0.2) is 24.3 Å². The number of carbonyl (C=O) groups is 1. The Labute approximate surface area is 126 Å². The van der Waals surface area contributed by atoms with Crippen LogP contribution in [0.25, 0.3) is 0 Å². The third-order valence-corrected chi connectivity index (χ3v) is 3.62. The molecular formula is C15H23ClN2O2. The summed E-state index contributed by atoms with van der Waals surface area (Å²) in [5, 5.41) is 3.28. The van der Waals surface area contributed by atoms with Gasteiger partial charge < -0.3 is 15.0 Å². The van der Waals surface area contributed by atoms with E-state index in [1.807, 2.05) is 31.3 Å². The van der Waals surface area contributed by atoms with Crippen molar-refractivity contribution in [1.29, 1.82) is 0 Å².